The van der Waals surface area contributed by atoms with Gasteiger partial charge in [0.05, 0.1) is 0 Å². The van der Waals surface area contributed by atoms with Gasteiger partial charge in [-0.2, -0.15) is 0 Å². The van der Waals surface area contributed by atoms with Crippen LogP contribution in [0.4, 0.5) is 15.3 Å². The quantitative estimate of drug-likeness (QED) is 0.752. The van der Waals surface area contributed by atoms with Crippen LogP contribution in [0, 0.1) is 0 Å². The van der Waals surface area contributed by atoms with Crippen LogP contribution in [-0.4, -0.2) is 18.0 Å². The van der Waals surface area contributed by atoms with E-state index < -0.39 is 24.1 Å². The molecule has 4 amide bonds. The van der Waals surface area contributed by atoms with Crippen molar-refractivity contribution in [2.75, 3.05) is 5.32 Å². The highest BCUT2D eigenvalue weighted by atomic mass is 16.5. The van der Waals surface area contributed by atoms with Gasteiger partial charge in [-0.25, -0.2) is 9.59 Å². The molecule has 0 aliphatic carbocycles. The first-order chi connectivity index (χ1) is 11.6. The van der Waals surface area contributed by atoms with Gasteiger partial charge in [0.15, 0.2) is 0 Å². The Kier molecular flexibility index (Phi) is 4.42. The lowest BCUT2D eigenvalue weighted by atomic mass is 10.1. The SMILES string of the molecule is O=C1NC(=O)C(c2ccc(NC(=O)OCc3ccccc3)cc2)N1. The molecule has 2 aromatic rings. The number of imide groups is 1. The molecule has 0 saturated carbocycles. The molecule has 1 saturated heterocycles. The Labute approximate surface area is 138 Å². The number of rotatable bonds is 4. The number of carbonyl (C=O) groups excluding carboxylic acids is 3. The number of nitrogens with one attached hydrogen (secondary N) is 3. The minimum atomic E-state index is -0.711. The highest BCUT2D eigenvalue weighted by molar-refractivity contribution is 6.04. The number of amides is 4. The lowest BCUT2D eigenvalue weighted by Crippen LogP contribution is -2.22. The van der Waals surface area contributed by atoms with Crippen molar-refractivity contribution < 1.29 is 19.1 Å². The zero-order chi connectivity index (χ0) is 16.9. The van der Waals surface area contributed by atoms with Crippen molar-refractivity contribution in [3.05, 3.63) is 65.7 Å². The Balaban J connectivity index is 1.55. The van der Waals surface area contributed by atoms with E-state index in [4.69, 9.17) is 4.74 Å². The number of benzene rings is 2. The van der Waals surface area contributed by atoms with Gasteiger partial charge in [0.2, 0.25) is 0 Å². The van der Waals surface area contributed by atoms with Crippen molar-refractivity contribution in [2.24, 2.45) is 0 Å². The molecule has 2 aromatic carbocycles. The van der Waals surface area contributed by atoms with Gasteiger partial charge in [-0.1, -0.05) is 42.5 Å². The summed E-state index contributed by atoms with van der Waals surface area (Å²) in [6, 6.07) is 14.7. The highest BCUT2D eigenvalue weighted by Gasteiger charge is 2.30. The van der Waals surface area contributed by atoms with E-state index in [0.717, 1.165) is 5.56 Å². The van der Waals surface area contributed by atoms with Crippen LogP contribution < -0.4 is 16.0 Å². The fraction of sp³-hybridized carbons (Fsp3) is 0.118. The maximum Gasteiger partial charge on any atom is 0.411 e. The summed E-state index contributed by atoms with van der Waals surface area (Å²) in [6.45, 7) is 0.180. The molecule has 0 bridgehead atoms. The number of anilines is 1. The van der Waals surface area contributed by atoms with Crippen LogP contribution in [0.15, 0.2) is 54.6 Å². The van der Waals surface area contributed by atoms with Crippen molar-refractivity contribution in [1.82, 2.24) is 10.6 Å². The number of urea groups is 1. The third-order valence-corrected chi connectivity index (χ3v) is 3.48. The molecule has 1 aliphatic rings. The molecule has 1 unspecified atom stereocenters. The second-order valence-corrected chi connectivity index (χ2v) is 5.20. The average Bonchev–Trinajstić information content (AvgIpc) is 2.93. The lowest BCUT2D eigenvalue weighted by Gasteiger charge is -2.10. The minimum Gasteiger partial charge on any atom is -0.444 e. The highest BCUT2D eigenvalue weighted by Crippen LogP contribution is 2.19. The Bertz CT molecular complexity index is 759. The van der Waals surface area contributed by atoms with E-state index >= 15 is 0 Å². The smallest absolute Gasteiger partial charge is 0.411 e. The summed E-state index contributed by atoms with van der Waals surface area (Å²) in [5.74, 6) is -0.400. The standard InChI is InChI=1S/C17H15N3O4/c21-15-14(19-16(22)20-15)12-6-8-13(9-7-12)18-17(23)24-10-11-4-2-1-3-5-11/h1-9,14H,10H2,(H,18,23)(H2,19,20,21,22). The van der Waals surface area contributed by atoms with Crippen LogP contribution in [-0.2, 0) is 16.1 Å². The summed E-state index contributed by atoms with van der Waals surface area (Å²) in [5, 5.41) is 7.27. The Morgan fingerprint density at radius 1 is 1.04 bits per heavy atom. The molecule has 7 heteroatoms. The van der Waals surface area contributed by atoms with Gasteiger partial charge in [-0.15, -0.1) is 0 Å². The average molecular weight is 325 g/mol. The first-order valence-corrected chi connectivity index (χ1v) is 7.31. The molecular formula is C17H15N3O4. The lowest BCUT2D eigenvalue weighted by molar-refractivity contribution is -0.120. The van der Waals surface area contributed by atoms with Gasteiger partial charge >= 0.3 is 12.1 Å². The normalized spacial score (nSPS) is 16.2. The second-order valence-electron chi connectivity index (χ2n) is 5.20. The van der Waals surface area contributed by atoms with Crippen molar-refractivity contribution in [2.45, 2.75) is 12.6 Å². The number of carbonyl (C=O) groups is 3. The predicted molar refractivity (Wildman–Crippen MR) is 86.1 cm³/mol. The van der Waals surface area contributed by atoms with Crippen LogP contribution in [0.1, 0.15) is 17.2 Å². The van der Waals surface area contributed by atoms with E-state index in [1.54, 1.807) is 24.3 Å². The van der Waals surface area contributed by atoms with E-state index in [0.29, 0.717) is 11.3 Å². The van der Waals surface area contributed by atoms with Gasteiger partial charge in [-0.3, -0.25) is 15.4 Å². The maximum atomic E-state index is 11.8. The molecule has 1 heterocycles. The summed E-state index contributed by atoms with van der Waals surface area (Å²) < 4.78 is 5.12. The topological polar surface area (TPSA) is 96.5 Å². The first-order valence-electron chi connectivity index (χ1n) is 7.31. The molecule has 0 aromatic heterocycles. The fourth-order valence-electron chi connectivity index (χ4n) is 2.29. The Morgan fingerprint density at radius 3 is 2.38 bits per heavy atom. The van der Waals surface area contributed by atoms with Crippen LogP contribution >= 0.6 is 0 Å². The van der Waals surface area contributed by atoms with Crippen molar-refractivity contribution in [3.8, 4) is 0 Å². The molecule has 122 valence electrons. The van der Waals surface area contributed by atoms with Crippen LogP contribution in [0.3, 0.4) is 0 Å². The van der Waals surface area contributed by atoms with E-state index in [2.05, 4.69) is 16.0 Å². The first kappa shape index (κ1) is 15.5. The molecule has 0 radical (unpaired) electrons. The van der Waals surface area contributed by atoms with Gasteiger partial charge in [0.25, 0.3) is 5.91 Å². The van der Waals surface area contributed by atoms with Crippen LogP contribution in [0.2, 0.25) is 0 Å². The molecule has 1 aliphatic heterocycles. The monoisotopic (exact) mass is 325 g/mol. The van der Waals surface area contributed by atoms with E-state index in [1.165, 1.54) is 0 Å². The maximum absolute atomic E-state index is 11.8. The zero-order valence-electron chi connectivity index (χ0n) is 12.6. The molecule has 7 nitrogen and oxygen atoms in total. The molecule has 1 fully saturated rings. The summed E-state index contributed by atoms with van der Waals surface area (Å²) in [5.41, 5.74) is 2.05. The Hall–Kier alpha value is -3.35. The number of ether oxygens (including phenoxy) is 1. The van der Waals surface area contributed by atoms with Crippen LogP contribution in [0.5, 0.6) is 0 Å². The Morgan fingerprint density at radius 2 is 1.75 bits per heavy atom. The molecule has 3 rings (SSSR count). The number of hydrogen-bond donors (Lipinski definition) is 3. The fourth-order valence-corrected chi connectivity index (χ4v) is 2.29. The predicted octanol–water partition coefficient (Wildman–Crippen LogP) is 2.32. The van der Waals surface area contributed by atoms with Crippen LogP contribution in [0.25, 0.3) is 0 Å². The third kappa shape index (κ3) is 3.70. The third-order valence-electron chi connectivity index (χ3n) is 3.48. The second kappa shape index (κ2) is 6.82. The van der Waals surface area contributed by atoms with Gasteiger partial charge in [0.1, 0.15) is 12.6 Å². The molecule has 3 N–H and O–H groups in total. The summed E-state index contributed by atoms with van der Waals surface area (Å²) in [6.07, 6.45) is -0.571. The summed E-state index contributed by atoms with van der Waals surface area (Å²) in [4.78, 5) is 34.5. The minimum absolute atomic E-state index is 0.180. The van der Waals surface area contributed by atoms with Gasteiger partial charge in [0, 0.05) is 5.69 Å². The summed E-state index contributed by atoms with van der Waals surface area (Å²) >= 11 is 0. The van der Waals surface area contributed by atoms with E-state index in [-0.39, 0.29) is 6.61 Å². The zero-order valence-corrected chi connectivity index (χ0v) is 12.6. The molecule has 1 atom stereocenters. The van der Waals surface area contributed by atoms with Gasteiger partial charge < -0.3 is 10.1 Å². The van der Waals surface area contributed by atoms with Gasteiger partial charge in [-0.05, 0) is 23.3 Å². The van der Waals surface area contributed by atoms with Crippen molar-refractivity contribution >= 4 is 23.7 Å². The van der Waals surface area contributed by atoms with Crippen molar-refractivity contribution in [3.63, 3.8) is 0 Å². The number of hydrogen-bond acceptors (Lipinski definition) is 4. The molecule has 0 spiro atoms. The molecule has 24 heavy (non-hydrogen) atoms. The van der Waals surface area contributed by atoms with E-state index in [9.17, 15) is 14.4 Å². The van der Waals surface area contributed by atoms with Crippen molar-refractivity contribution in [1.29, 1.82) is 0 Å². The van der Waals surface area contributed by atoms with E-state index in [1.807, 2.05) is 30.3 Å². The molecular weight excluding hydrogens is 310 g/mol. The largest absolute Gasteiger partial charge is 0.444 e. The summed E-state index contributed by atoms with van der Waals surface area (Å²) in [7, 11) is 0.